The van der Waals surface area contributed by atoms with Crippen LogP contribution in [0.5, 0.6) is 0 Å². The van der Waals surface area contributed by atoms with E-state index >= 15 is 0 Å². The number of hydrogen-bond acceptors (Lipinski definition) is 3. The van der Waals surface area contributed by atoms with Gasteiger partial charge in [-0.2, -0.15) is 8.42 Å². The summed E-state index contributed by atoms with van der Waals surface area (Å²) in [6.07, 6.45) is 0. The van der Waals surface area contributed by atoms with E-state index in [1.54, 1.807) is 0 Å². The Morgan fingerprint density at radius 1 is 0.960 bits per heavy atom. The Morgan fingerprint density at radius 2 is 1.52 bits per heavy atom. The quantitative estimate of drug-likeness (QED) is 0.831. The summed E-state index contributed by atoms with van der Waals surface area (Å²) >= 11 is 0. The molecular weight excluding hydrogens is 332 g/mol. The third-order valence-corrected chi connectivity index (χ3v) is 5.74. The normalized spacial score (nSPS) is 16.2. The van der Waals surface area contributed by atoms with E-state index in [0.29, 0.717) is 28.4 Å². The van der Waals surface area contributed by atoms with Gasteiger partial charge in [0.05, 0.1) is 0 Å². The van der Waals surface area contributed by atoms with Crippen molar-refractivity contribution < 1.29 is 8.42 Å². The van der Waals surface area contributed by atoms with Crippen molar-refractivity contribution in [1.82, 2.24) is 4.90 Å². The summed E-state index contributed by atoms with van der Waals surface area (Å²) in [6, 6.07) is 19.3. The molecule has 1 heterocycles. The number of benzene rings is 2. The molecule has 0 saturated heterocycles. The highest BCUT2D eigenvalue weighted by atomic mass is 32.2. The molecule has 1 aliphatic heterocycles. The summed E-state index contributed by atoms with van der Waals surface area (Å²) in [5, 5.41) is 0. The summed E-state index contributed by atoms with van der Waals surface area (Å²) in [5.74, 6) is 0.540. The van der Waals surface area contributed by atoms with Gasteiger partial charge in [-0.15, -0.1) is 4.40 Å². The second-order valence-electron chi connectivity index (χ2n) is 6.42. The topological polar surface area (TPSA) is 49.7 Å². The molecule has 0 bridgehead atoms. The van der Waals surface area contributed by atoms with E-state index in [1.807, 2.05) is 86.3 Å². The first-order valence-electron chi connectivity index (χ1n) is 8.32. The Labute approximate surface area is 149 Å². The van der Waals surface area contributed by atoms with Gasteiger partial charge in [-0.1, -0.05) is 60.7 Å². The molecule has 4 nitrogen and oxygen atoms in total. The molecule has 0 atom stereocenters. The fraction of sp³-hybridized carbons (Fsp3) is 0.250. The molecule has 2 aromatic carbocycles. The van der Waals surface area contributed by atoms with Gasteiger partial charge in [0, 0.05) is 18.2 Å². The van der Waals surface area contributed by atoms with E-state index in [0.717, 1.165) is 5.56 Å². The van der Waals surface area contributed by atoms with Crippen LogP contribution in [0.1, 0.15) is 31.9 Å². The second-order valence-corrected chi connectivity index (χ2v) is 7.96. The van der Waals surface area contributed by atoms with Crippen LogP contribution in [0.4, 0.5) is 0 Å². The van der Waals surface area contributed by atoms with Crippen LogP contribution < -0.4 is 0 Å². The standard InChI is InChI=1S/C20H22N2O2S/c1-15(2)22(14-17-10-6-4-7-11-17)20-16(3)19(25(23,24)21-20)18-12-8-5-9-13-18/h4-13,15H,14H2,1-3H3. The van der Waals surface area contributed by atoms with Gasteiger partial charge in [-0.3, -0.25) is 0 Å². The maximum absolute atomic E-state index is 12.7. The fourth-order valence-electron chi connectivity index (χ4n) is 3.03. The molecule has 5 heteroatoms. The lowest BCUT2D eigenvalue weighted by Crippen LogP contribution is -2.36. The Bertz CT molecular complexity index is 915. The number of amidine groups is 1. The van der Waals surface area contributed by atoms with Crippen LogP contribution in [-0.4, -0.2) is 25.2 Å². The van der Waals surface area contributed by atoms with Gasteiger partial charge in [0.1, 0.15) is 10.7 Å². The summed E-state index contributed by atoms with van der Waals surface area (Å²) in [5.41, 5.74) is 2.51. The van der Waals surface area contributed by atoms with E-state index in [9.17, 15) is 8.42 Å². The predicted molar refractivity (Wildman–Crippen MR) is 103 cm³/mol. The maximum atomic E-state index is 12.7. The van der Waals surface area contributed by atoms with Crippen molar-refractivity contribution in [3.63, 3.8) is 0 Å². The smallest absolute Gasteiger partial charge is 0.285 e. The van der Waals surface area contributed by atoms with Crippen molar-refractivity contribution in [2.45, 2.75) is 33.4 Å². The molecule has 0 unspecified atom stereocenters. The molecule has 0 spiro atoms. The van der Waals surface area contributed by atoms with Crippen molar-refractivity contribution in [3.8, 4) is 0 Å². The van der Waals surface area contributed by atoms with Crippen molar-refractivity contribution >= 4 is 20.8 Å². The maximum Gasteiger partial charge on any atom is 0.285 e. The van der Waals surface area contributed by atoms with Crippen molar-refractivity contribution in [2.24, 2.45) is 4.40 Å². The summed E-state index contributed by atoms with van der Waals surface area (Å²) in [7, 11) is -3.68. The molecule has 3 rings (SSSR count). The second kappa shape index (κ2) is 6.84. The lowest BCUT2D eigenvalue weighted by molar-refractivity contribution is 0.344. The first-order valence-corrected chi connectivity index (χ1v) is 9.76. The van der Waals surface area contributed by atoms with E-state index in [-0.39, 0.29) is 6.04 Å². The average Bonchev–Trinajstić information content (AvgIpc) is 2.83. The zero-order valence-corrected chi connectivity index (χ0v) is 15.5. The van der Waals surface area contributed by atoms with Crippen molar-refractivity contribution in [1.29, 1.82) is 0 Å². The zero-order chi connectivity index (χ0) is 18.0. The van der Waals surface area contributed by atoms with Gasteiger partial charge in [0.15, 0.2) is 0 Å². The predicted octanol–water partition coefficient (Wildman–Crippen LogP) is 4.07. The number of nitrogens with zero attached hydrogens (tertiary/aromatic N) is 2. The Hall–Kier alpha value is -2.40. The molecule has 1 aliphatic rings. The first kappa shape index (κ1) is 17.4. The molecule has 2 aromatic rings. The zero-order valence-electron chi connectivity index (χ0n) is 14.7. The molecule has 130 valence electrons. The number of rotatable bonds is 4. The lowest BCUT2D eigenvalue weighted by Gasteiger charge is -2.29. The van der Waals surface area contributed by atoms with Gasteiger partial charge in [-0.05, 0) is 31.9 Å². The Balaban J connectivity index is 2.04. The summed E-state index contributed by atoms with van der Waals surface area (Å²) in [6.45, 7) is 6.55. The molecule has 0 amide bonds. The fourth-order valence-corrected chi connectivity index (χ4v) is 4.50. The number of hydrogen-bond donors (Lipinski definition) is 0. The van der Waals surface area contributed by atoms with Crippen LogP contribution in [0.15, 0.2) is 70.6 Å². The highest BCUT2D eigenvalue weighted by Gasteiger charge is 2.34. The largest absolute Gasteiger partial charge is 0.349 e. The van der Waals surface area contributed by atoms with Gasteiger partial charge in [0.2, 0.25) is 0 Å². The van der Waals surface area contributed by atoms with E-state index in [4.69, 9.17) is 0 Å². The molecular formula is C20H22N2O2S. The Morgan fingerprint density at radius 3 is 2.08 bits per heavy atom. The monoisotopic (exact) mass is 354 g/mol. The van der Waals surface area contributed by atoms with Crippen LogP contribution in [0.2, 0.25) is 0 Å². The summed E-state index contributed by atoms with van der Waals surface area (Å²) in [4.78, 5) is 2.35. The van der Waals surface area contributed by atoms with Crippen LogP contribution in [-0.2, 0) is 16.6 Å². The Kier molecular flexibility index (Phi) is 4.77. The molecule has 0 radical (unpaired) electrons. The van der Waals surface area contributed by atoms with Gasteiger partial charge in [-0.25, -0.2) is 0 Å². The van der Waals surface area contributed by atoms with Gasteiger partial charge >= 0.3 is 0 Å². The average molecular weight is 354 g/mol. The van der Waals surface area contributed by atoms with E-state index < -0.39 is 10.0 Å². The third-order valence-electron chi connectivity index (χ3n) is 4.27. The van der Waals surface area contributed by atoms with Gasteiger partial charge < -0.3 is 4.90 Å². The van der Waals surface area contributed by atoms with Crippen LogP contribution in [0.25, 0.3) is 4.91 Å². The molecule has 0 saturated carbocycles. The van der Waals surface area contributed by atoms with E-state index in [2.05, 4.69) is 4.40 Å². The van der Waals surface area contributed by atoms with E-state index in [1.165, 1.54) is 0 Å². The van der Waals surface area contributed by atoms with Gasteiger partial charge in [0.25, 0.3) is 10.0 Å². The minimum Gasteiger partial charge on any atom is -0.349 e. The minimum absolute atomic E-state index is 0.124. The molecule has 25 heavy (non-hydrogen) atoms. The third kappa shape index (κ3) is 3.51. The molecule has 0 aliphatic carbocycles. The number of sulfonamides is 1. The highest BCUT2D eigenvalue weighted by molar-refractivity contribution is 8.00. The summed E-state index contributed by atoms with van der Waals surface area (Å²) < 4.78 is 29.5. The lowest BCUT2D eigenvalue weighted by atomic mass is 10.1. The molecule has 0 fully saturated rings. The van der Waals surface area contributed by atoms with Crippen molar-refractivity contribution in [3.05, 3.63) is 77.4 Å². The van der Waals surface area contributed by atoms with Crippen molar-refractivity contribution in [2.75, 3.05) is 0 Å². The van der Waals surface area contributed by atoms with Crippen LogP contribution in [0.3, 0.4) is 0 Å². The highest BCUT2D eigenvalue weighted by Crippen LogP contribution is 2.34. The molecule has 0 aromatic heterocycles. The SMILES string of the molecule is CC1=C(c2ccccc2)S(=O)(=O)N=C1N(Cc1ccccc1)C(C)C. The minimum atomic E-state index is -3.68. The first-order chi connectivity index (χ1) is 11.9. The molecule has 0 N–H and O–H groups in total. The van der Waals surface area contributed by atoms with Crippen LogP contribution >= 0.6 is 0 Å². The van der Waals surface area contributed by atoms with Crippen LogP contribution in [0, 0.1) is 0 Å².